The van der Waals surface area contributed by atoms with Crippen LogP contribution in [0, 0.1) is 6.92 Å². The molecule has 0 radical (unpaired) electrons. The van der Waals surface area contributed by atoms with Crippen LogP contribution in [0.4, 0.5) is 0 Å². The Kier molecular flexibility index (Phi) is 10.1. The molecule has 1 unspecified atom stereocenters. The summed E-state index contributed by atoms with van der Waals surface area (Å²) in [6.07, 6.45) is 3.49. The number of ether oxygens (including phenoxy) is 2. The van der Waals surface area contributed by atoms with Gasteiger partial charge in [-0.15, -0.1) is 24.0 Å². The number of halogens is 1. The number of aliphatic imine (C=N–C) groups is 1. The van der Waals surface area contributed by atoms with Gasteiger partial charge in [0.25, 0.3) is 0 Å². The van der Waals surface area contributed by atoms with E-state index in [1.165, 1.54) is 22.2 Å². The molecule has 1 aliphatic heterocycles. The van der Waals surface area contributed by atoms with E-state index in [-0.39, 0.29) is 30.1 Å². The highest BCUT2D eigenvalue weighted by atomic mass is 127. The highest BCUT2D eigenvalue weighted by Crippen LogP contribution is 2.21. The van der Waals surface area contributed by atoms with Crippen LogP contribution in [0.1, 0.15) is 31.0 Å². The van der Waals surface area contributed by atoms with Crippen molar-refractivity contribution in [3.63, 3.8) is 0 Å². The standard InChI is InChI=1S/C21H32N4O2.HI/c1-3-22-21(24-12-14-26-15-17-7-6-13-27-17)23-11-10-18-16(2)25-20-9-5-4-8-19(18)20;/h4-5,8-9,17,25H,3,6-7,10-15H2,1-2H3,(H2,22,23,24);1H. The van der Waals surface area contributed by atoms with E-state index < -0.39 is 0 Å². The number of nitrogens with zero attached hydrogens (tertiary/aromatic N) is 1. The number of rotatable bonds is 9. The van der Waals surface area contributed by atoms with Gasteiger partial charge in [-0.3, -0.25) is 4.99 Å². The van der Waals surface area contributed by atoms with E-state index >= 15 is 0 Å². The molecule has 0 spiro atoms. The first-order chi connectivity index (χ1) is 13.3. The number of nitrogens with one attached hydrogen (secondary N) is 3. The predicted molar refractivity (Wildman–Crippen MR) is 126 cm³/mol. The van der Waals surface area contributed by atoms with Gasteiger partial charge in [-0.2, -0.15) is 0 Å². The second kappa shape index (κ2) is 12.3. The lowest BCUT2D eigenvalue weighted by atomic mass is 10.1. The Balaban J connectivity index is 0.00000280. The maximum atomic E-state index is 5.68. The monoisotopic (exact) mass is 500 g/mol. The largest absolute Gasteiger partial charge is 0.377 e. The Labute approximate surface area is 184 Å². The summed E-state index contributed by atoms with van der Waals surface area (Å²) in [5.74, 6) is 0.843. The van der Waals surface area contributed by atoms with Gasteiger partial charge in [0.15, 0.2) is 5.96 Å². The molecule has 0 aliphatic carbocycles. The van der Waals surface area contributed by atoms with Crippen LogP contribution in [0.3, 0.4) is 0 Å². The maximum absolute atomic E-state index is 5.68. The number of fused-ring (bicyclic) bond motifs is 1. The number of guanidine groups is 1. The Morgan fingerprint density at radius 1 is 1.32 bits per heavy atom. The first-order valence-electron chi connectivity index (χ1n) is 10.1. The summed E-state index contributed by atoms with van der Waals surface area (Å²) in [7, 11) is 0. The van der Waals surface area contributed by atoms with Gasteiger partial charge in [0.2, 0.25) is 0 Å². The van der Waals surface area contributed by atoms with Crippen molar-refractivity contribution >= 4 is 40.8 Å². The normalized spacial score (nSPS) is 16.9. The molecule has 7 heteroatoms. The second-order valence-electron chi connectivity index (χ2n) is 6.92. The van der Waals surface area contributed by atoms with Crippen molar-refractivity contribution in [3.05, 3.63) is 35.5 Å². The Hall–Kier alpha value is -1.32. The SMILES string of the molecule is CCNC(=NCCOCC1CCCO1)NCCc1c(C)[nH]c2ccccc12.I. The van der Waals surface area contributed by atoms with E-state index in [1.807, 2.05) is 0 Å². The minimum absolute atomic E-state index is 0. The average molecular weight is 500 g/mol. The zero-order chi connectivity index (χ0) is 18.9. The summed E-state index contributed by atoms with van der Waals surface area (Å²) >= 11 is 0. The van der Waals surface area contributed by atoms with Crippen molar-refractivity contribution in [2.75, 3.05) is 39.5 Å². The van der Waals surface area contributed by atoms with E-state index in [0.717, 1.165) is 44.9 Å². The van der Waals surface area contributed by atoms with E-state index in [0.29, 0.717) is 19.8 Å². The summed E-state index contributed by atoms with van der Waals surface area (Å²) in [5, 5.41) is 8.03. The fourth-order valence-corrected chi connectivity index (χ4v) is 3.52. The molecule has 2 aromatic rings. The molecule has 0 saturated carbocycles. The van der Waals surface area contributed by atoms with Crippen LogP contribution in [0.2, 0.25) is 0 Å². The molecular weight excluding hydrogens is 467 g/mol. The number of hydrogen-bond acceptors (Lipinski definition) is 3. The van der Waals surface area contributed by atoms with E-state index in [4.69, 9.17) is 9.47 Å². The van der Waals surface area contributed by atoms with E-state index in [9.17, 15) is 0 Å². The summed E-state index contributed by atoms with van der Waals surface area (Å²) in [4.78, 5) is 8.06. The molecule has 0 bridgehead atoms. The summed E-state index contributed by atoms with van der Waals surface area (Å²) in [6, 6.07) is 8.46. The van der Waals surface area contributed by atoms with Gasteiger partial charge in [-0.1, -0.05) is 18.2 Å². The number of aromatic nitrogens is 1. The zero-order valence-corrected chi connectivity index (χ0v) is 19.3. The summed E-state index contributed by atoms with van der Waals surface area (Å²) in [6.45, 7) is 8.72. The van der Waals surface area contributed by atoms with Crippen molar-refractivity contribution in [2.24, 2.45) is 4.99 Å². The summed E-state index contributed by atoms with van der Waals surface area (Å²) in [5.41, 5.74) is 3.81. The molecule has 1 atom stereocenters. The van der Waals surface area contributed by atoms with Crippen LogP contribution >= 0.6 is 24.0 Å². The number of hydrogen-bond donors (Lipinski definition) is 3. The maximum Gasteiger partial charge on any atom is 0.191 e. The molecule has 1 fully saturated rings. The molecule has 0 amide bonds. The second-order valence-corrected chi connectivity index (χ2v) is 6.92. The van der Waals surface area contributed by atoms with E-state index in [2.05, 4.69) is 58.7 Å². The Bertz CT molecular complexity index is 741. The quantitative estimate of drug-likeness (QED) is 0.214. The molecule has 1 aromatic carbocycles. The minimum atomic E-state index is 0. The molecule has 6 nitrogen and oxygen atoms in total. The number of aryl methyl sites for hydroxylation is 1. The van der Waals surface area contributed by atoms with Gasteiger partial charge in [-0.25, -0.2) is 0 Å². The molecular formula is C21H33IN4O2. The number of para-hydroxylation sites is 1. The molecule has 156 valence electrons. The number of aromatic amines is 1. The zero-order valence-electron chi connectivity index (χ0n) is 16.9. The number of H-pyrrole nitrogens is 1. The first-order valence-corrected chi connectivity index (χ1v) is 10.1. The van der Waals surface area contributed by atoms with Gasteiger partial charge in [0, 0.05) is 36.3 Å². The van der Waals surface area contributed by atoms with Crippen LogP contribution in [0.5, 0.6) is 0 Å². The molecule has 1 saturated heterocycles. The van der Waals surface area contributed by atoms with Gasteiger partial charge in [0.1, 0.15) is 0 Å². The van der Waals surface area contributed by atoms with Crippen molar-refractivity contribution in [1.29, 1.82) is 0 Å². The molecule has 3 rings (SSSR count). The highest BCUT2D eigenvalue weighted by molar-refractivity contribution is 14.0. The van der Waals surface area contributed by atoms with Gasteiger partial charge in [0.05, 0.1) is 25.9 Å². The lowest BCUT2D eigenvalue weighted by Crippen LogP contribution is -2.38. The third kappa shape index (κ3) is 6.63. The van der Waals surface area contributed by atoms with Gasteiger partial charge >= 0.3 is 0 Å². The van der Waals surface area contributed by atoms with Crippen LogP contribution in [-0.4, -0.2) is 56.5 Å². The van der Waals surface area contributed by atoms with Gasteiger partial charge in [-0.05, 0) is 44.7 Å². The van der Waals surface area contributed by atoms with Crippen LogP contribution < -0.4 is 10.6 Å². The minimum Gasteiger partial charge on any atom is -0.377 e. The first kappa shape index (κ1) is 23.0. The van der Waals surface area contributed by atoms with Crippen molar-refractivity contribution in [2.45, 2.75) is 39.2 Å². The Morgan fingerprint density at radius 3 is 2.96 bits per heavy atom. The highest BCUT2D eigenvalue weighted by Gasteiger charge is 2.14. The molecule has 3 N–H and O–H groups in total. The molecule has 1 aliphatic rings. The molecule has 28 heavy (non-hydrogen) atoms. The topological polar surface area (TPSA) is 70.7 Å². The molecule has 2 heterocycles. The van der Waals surface area contributed by atoms with Crippen molar-refractivity contribution < 1.29 is 9.47 Å². The Morgan fingerprint density at radius 2 is 2.18 bits per heavy atom. The third-order valence-corrected chi connectivity index (χ3v) is 4.87. The van der Waals surface area contributed by atoms with Crippen molar-refractivity contribution in [1.82, 2.24) is 15.6 Å². The van der Waals surface area contributed by atoms with Gasteiger partial charge < -0.3 is 25.1 Å². The lowest BCUT2D eigenvalue weighted by molar-refractivity contribution is 0.0200. The van der Waals surface area contributed by atoms with Crippen LogP contribution in [-0.2, 0) is 15.9 Å². The number of benzene rings is 1. The fraction of sp³-hybridized carbons (Fsp3) is 0.571. The lowest BCUT2D eigenvalue weighted by Gasteiger charge is -2.12. The average Bonchev–Trinajstić information content (AvgIpc) is 3.29. The van der Waals surface area contributed by atoms with E-state index in [1.54, 1.807) is 0 Å². The summed E-state index contributed by atoms with van der Waals surface area (Å²) < 4.78 is 11.2. The predicted octanol–water partition coefficient (Wildman–Crippen LogP) is 3.39. The van der Waals surface area contributed by atoms with Crippen LogP contribution in [0.25, 0.3) is 10.9 Å². The fourth-order valence-electron chi connectivity index (χ4n) is 3.52. The smallest absolute Gasteiger partial charge is 0.191 e. The van der Waals surface area contributed by atoms with Crippen molar-refractivity contribution in [3.8, 4) is 0 Å². The van der Waals surface area contributed by atoms with Crippen LogP contribution in [0.15, 0.2) is 29.3 Å². The third-order valence-electron chi connectivity index (χ3n) is 4.87. The molecule has 1 aromatic heterocycles.